The van der Waals surface area contributed by atoms with Crippen LogP contribution in [-0.4, -0.2) is 31.8 Å². The lowest BCUT2D eigenvalue weighted by Gasteiger charge is -2.19. The monoisotopic (exact) mass is 334 g/mol. The number of carboxylic acids is 1. The van der Waals surface area contributed by atoms with E-state index in [2.05, 4.69) is 15.9 Å². The van der Waals surface area contributed by atoms with Crippen LogP contribution in [0.25, 0.3) is 0 Å². The molecule has 7 heteroatoms. The molecule has 18 heavy (non-hydrogen) atoms. The normalized spacial score (nSPS) is 11.8. The first-order valence-corrected chi connectivity index (χ1v) is 7.59. The molecule has 0 fully saturated rings. The number of halogens is 1. The third kappa shape index (κ3) is 2.90. The van der Waals surface area contributed by atoms with E-state index in [1.165, 1.54) is 16.4 Å². The molecule has 0 saturated carbocycles. The molecule has 0 aliphatic carbocycles. The van der Waals surface area contributed by atoms with Gasteiger partial charge in [-0.15, -0.1) is 0 Å². The number of rotatable bonds is 5. The molecule has 0 aliphatic rings. The number of hydrogen-bond donors (Lipinski definition) is 0. The number of aromatic carboxylic acids is 1. The fourth-order valence-electron chi connectivity index (χ4n) is 1.53. The predicted octanol–water partition coefficient (Wildman–Crippen LogP) is 0.843. The molecule has 0 spiro atoms. The van der Waals surface area contributed by atoms with Gasteiger partial charge in [-0.3, -0.25) is 0 Å². The second-order valence-corrected chi connectivity index (χ2v) is 6.28. The average Bonchev–Trinajstić information content (AvgIpc) is 2.30. The van der Waals surface area contributed by atoms with Crippen LogP contribution >= 0.6 is 15.9 Å². The minimum absolute atomic E-state index is 0.0621. The maximum Gasteiger partial charge on any atom is 0.244 e. The summed E-state index contributed by atoms with van der Waals surface area (Å²) in [6.07, 6.45) is 0. The van der Waals surface area contributed by atoms with Crippen LogP contribution < -0.4 is 5.11 Å². The summed E-state index contributed by atoms with van der Waals surface area (Å²) in [4.78, 5) is 10.7. The number of carboxylic acid groups (broad SMARTS) is 1. The van der Waals surface area contributed by atoms with Gasteiger partial charge in [0.15, 0.2) is 0 Å². The lowest BCUT2D eigenvalue weighted by atomic mass is 10.2. The van der Waals surface area contributed by atoms with Gasteiger partial charge in [0.05, 0.1) is 10.9 Å². The molecule has 1 rings (SSSR count). The van der Waals surface area contributed by atoms with E-state index in [1.807, 2.05) is 0 Å². The zero-order chi connectivity index (χ0) is 13.9. The lowest BCUT2D eigenvalue weighted by Crippen LogP contribution is -2.31. The third-order valence-electron chi connectivity index (χ3n) is 2.49. The first-order valence-electron chi connectivity index (χ1n) is 5.35. The Bertz CT molecular complexity index is 552. The maximum atomic E-state index is 12.3. The van der Waals surface area contributed by atoms with Crippen molar-refractivity contribution in [1.82, 2.24) is 4.31 Å². The average molecular weight is 335 g/mol. The molecule has 0 N–H and O–H groups in total. The van der Waals surface area contributed by atoms with Crippen LogP contribution in [-0.2, 0) is 10.0 Å². The van der Waals surface area contributed by atoms with E-state index in [4.69, 9.17) is 0 Å². The molecule has 0 saturated heterocycles. The topological polar surface area (TPSA) is 77.5 Å². The second-order valence-electron chi connectivity index (χ2n) is 3.52. The van der Waals surface area contributed by atoms with Crippen LogP contribution in [0.2, 0.25) is 0 Å². The number of carbonyl (C=O) groups is 1. The summed E-state index contributed by atoms with van der Waals surface area (Å²) in [5.41, 5.74) is -0.163. The van der Waals surface area contributed by atoms with Crippen molar-refractivity contribution in [3.05, 3.63) is 28.2 Å². The molecule has 0 amide bonds. The molecule has 0 radical (unpaired) electrons. The second kappa shape index (κ2) is 5.81. The fourth-order valence-corrected chi connectivity index (χ4v) is 3.94. The van der Waals surface area contributed by atoms with Gasteiger partial charge < -0.3 is 9.90 Å². The highest BCUT2D eigenvalue weighted by atomic mass is 79.9. The standard InChI is InChI=1S/C11H14BrNO4S/c1-3-13(4-2)18(16,17)10-7-8(11(14)15)5-6-9(10)12/h5-7H,3-4H2,1-2H3,(H,14,15)/p-1. The van der Waals surface area contributed by atoms with Crippen LogP contribution in [0.1, 0.15) is 24.2 Å². The number of carbonyl (C=O) groups excluding carboxylic acids is 1. The number of nitrogens with zero attached hydrogens (tertiary/aromatic N) is 1. The van der Waals surface area contributed by atoms with Crippen LogP contribution in [0.15, 0.2) is 27.6 Å². The van der Waals surface area contributed by atoms with Gasteiger partial charge in [-0.25, -0.2) is 8.42 Å². The zero-order valence-corrected chi connectivity index (χ0v) is 12.4. The van der Waals surface area contributed by atoms with Gasteiger partial charge in [-0.1, -0.05) is 19.9 Å². The number of hydrogen-bond acceptors (Lipinski definition) is 4. The van der Waals surface area contributed by atoms with Crippen molar-refractivity contribution in [2.75, 3.05) is 13.1 Å². The van der Waals surface area contributed by atoms with E-state index in [0.717, 1.165) is 6.07 Å². The summed E-state index contributed by atoms with van der Waals surface area (Å²) in [7, 11) is -3.69. The Kier molecular flexibility index (Phi) is 4.89. The minimum Gasteiger partial charge on any atom is -0.545 e. The smallest absolute Gasteiger partial charge is 0.244 e. The Morgan fingerprint density at radius 1 is 1.33 bits per heavy atom. The van der Waals surface area contributed by atoms with Gasteiger partial charge in [-0.05, 0) is 33.6 Å². The van der Waals surface area contributed by atoms with E-state index < -0.39 is 16.0 Å². The van der Waals surface area contributed by atoms with Gasteiger partial charge in [0, 0.05) is 17.6 Å². The largest absolute Gasteiger partial charge is 0.545 e. The highest BCUT2D eigenvalue weighted by molar-refractivity contribution is 9.10. The number of benzene rings is 1. The Morgan fingerprint density at radius 2 is 1.89 bits per heavy atom. The van der Waals surface area contributed by atoms with Crippen molar-refractivity contribution in [1.29, 1.82) is 0 Å². The predicted molar refractivity (Wildman–Crippen MR) is 68.6 cm³/mol. The summed E-state index contributed by atoms with van der Waals surface area (Å²) < 4.78 is 26.1. The molecule has 0 bridgehead atoms. The first kappa shape index (κ1) is 15.1. The van der Waals surface area contributed by atoms with E-state index >= 15 is 0 Å². The van der Waals surface area contributed by atoms with Gasteiger partial charge in [0.1, 0.15) is 0 Å². The van der Waals surface area contributed by atoms with E-state index in [-0.39, 0.29) is 10.5 Å². The van der Waals surface area contributed by atoms with Gasteiger partial charge in [0.25, 0.3) is 0 Å². The van der Waals surface area contributed by atoms with Gasteiger partial charge >= 0.3 is 0 Å². The van der Waals surface area contributed by atoms with Crippen LogP contribution in [0.5, 0.6) is 0 Å². The van der Waals surface area contributed by atoms with Crippen molar-refractivity contribution < 1.29 is 18.3 Å². The molecule has 0 aliphatic heterocycles. The molecule has 1 aromatic carbocycles. The molecular formula is C11H13BrNO4S-. The van der Waals surface area contributed by atoms with Crippen molar-refractivity contribution in [2.45, 2.75) is 18.7 Å². The minimum atomic E-state index is -3.69. The zero-order valence-electron chi connectivity index (χ0n) is 10.0. The summed E-state index contributed by atoms with van der Waals surface area (Å²) in [6, 6.07) is 3.79. The molecule has 0 aromatic heterocycles. The maximum absolute atomic E-state index is 12.3. The van der Waals surface area contributed by atoms with E-state index in [9.17, 15) is 18.3 Å². The summed E-state index contributed by atoms with van der Waals surface area (Å²) in [6.45, 7) is 4.08. The van der Waals surface area contributed by atoms with E-state index in [0.29, 0.717) is 17.6 Å². The summed E-state index contributed by atoms with van der Waals surface area (Å²) >= 11 is 3.12. The molecule has 100 valence electrons. The highest BCUT2D eigenvalue weighted by Gasteiger charge is 2.24. The van der Waals surface area contributed by atoms with Crippen molar-refractivity contribution in [3.63, 3.8) is 0 Å². The first-order chi connectivity index (χ1) is 8.34. The van der Waals surface area contributed by atoms with Crippen molar-refractivity contribution in [2.24, 2.45) is 0 Å². The SMILES string of the molecule is CCN(CC)S(=O)(=O)c1cc(C(=O)[O-])ccc1Br. The molecular weight excluding hydrogens is 322 g/mol. The lowest BCUT2D eigenvalue weighted by molar-refractivity contribution is -0.255. The Balaban J connectivity index is 3.40. The molecule has 0 heterocycles. The van der Waals surface area contributed by atoms with Crippen LogP contribution in [0, 0.1) is 0 Å². The van der Waals surface area contributed by atoms with Crippen LogP contribution in [0.4, 0.5) is 0 Å². The summed E-state index contributed by atoms with van der Waals surface area (Å²) in [5.74, 6) is -1.40. The Hall–Kier alpha value is -0.920. The fraction of sp³-hybridized carbons (Fsp3) is 0.364. The van der Waals surface area contributed by atoms with Gasteiger partial charge in [-0.2, -0.15) is 4.31 Å². The quantitative estimate of drug-likeness (QED) is 0.799. The van der Waals surface area contributed by atoms with Crippen molar-refractivity contribution >= 4 is 31.9 Å². The van der Waals surface area contributed by atoms with Crippen molar-refractivity contribution in [3.8, 4) is 0 Å². The van der Waals surface area contributed by atoms with Gasteiger partial charge in [0.2, 0.25) is 10.0 Å². The summed E-state index contributed by atoms with van der Waals surface area (Å²) in [5, 5.41) is 10.8. The number of sulfonamides is 1. The molecule has 0 atom stereocenters. The van der Waals surface area contributed by atoms with E-state index in [1.54, 1.807) is 13.8 Å². The Labute approximate surface area is 115 Å². The third-order valence-corrected chi connectivity index (χ3v) is 5.53. The molecule has 1 aromatic rings. The van der Waals surface area contributed by atoms with Crippen LogP contribution in [0.3, 0.4) is 0 Å². The molecule has 0 unspecified atom stereocenters. The highest BCUT2D eigenvalue weighted by Crippen LogP contribution is 2.26. The Morgan fingerprint density at radius 3 is 2.33 bits per heavy atom. The molecule has 5 nitrogen and oxygen atoms in total.